The molecule has 1 heterocycles. The van der Waals surface area contributed by atoms with Crippen LogP contribution in [0.15, 0.2) is 42.7 Å². The van der Waals surface area contributed by atoms with Gasteiger partial charge in [-0.15, -0.1) is 0 Å². The summed E-state index contributed by atoms with van der Waals surface area (Å²) in [6.07, 6.45) is 3.47. The number of benzene rings is 1. The molecule has 0 aliphatic carbocycles. The topological polar surface area (TPSA) is 68.2 Å². The maximum Gasteiger partial charge on any atom is 0.238 e. The molecule has 6 heteroatoms. The van der Waals surface area contributed by atoms with E-state index < -0.39 is 0 Å². The molecular weight excluding hydrogens is 268 g/mol. The Morgan fingerprint density at radius 1 is 1.33 bits per heavy atom. The molecule has 0 aliphatic rings. The molecule has 0 spiro atoms. The van der Waals surface area contributed by atoms with E-state index in [9.17, 15) is 4.79 Å². The van der Waals surface area contributed by atoms with E-state index in [2.05, 4.69) is 15.7 Å². The number of carbonyl (C=O) groups is 1. The summed E-state index contributed by atoms with van der Waals surface area (Å²) in [5.74, 6) is -0.0923. The lowest BCUT2D eigenvalue weighted by Crippen LogP contribution is -2.30. The monoisotopic (exact) mass is 288 g/mol. The van der Waals surface area contributed by atoms with Crippen LogP contribution in [0.25, 0.3) is 0 Å². The number of hydrogen-bond donors (Lipinski definition) is 2. The lowest BCUT2D eigenvalue weighted by atomic mass is 10.2. The van der Waals surface area contributed by atoms with Gasteiger partial charge in [-0.2, -0.15) is 5.10 Å². The second kappa shape index (κ2) is 8.18. The highest BCUT2D eigenvalue weighted by Gasteiger charge is 2.04. The van der Waals surface area contributed by atoms with E-state index in [-0.39, 0.29) is 12.5 Å². The van der Waals surface area contributed by atoms with E-state index in [1.807, 2.05) is 36.5 Å². The van der Waals surface area contributed by atoms with Gasteiger partial charge in [-0.1, -0.05) is 30.3 Å². The van der Waals surface area contributed by atoms with Crippen LogP contribution < -0.4 is 10.6 Å². The zero-order valence-corrected chi connectivity index (χ0v) is 12.1. The van der Waals surface area contributed by atoms with Crippen molar-refractivity contribution < 1.29 is 9.53 Å². The molecule has 1 aromatic heterocycles. The Morgan fingerprint density at radius 3 is 2.90 bits per heavy atom. The average molecular weight is 288 g/mol. The summed E-state index contributed by atoms with van der Waals surface area (Å²) in [7, 11) is 1.63. The summed E-state index contributed by atoms with van der Waals surface area (Å²) in [5, 5.41) is 10.0. The van der Waals surface area contributed by atoms with Crippen LogP contribution in [0.5, 0.6) is 0 Å². The van der Waals surface area contributed by atoms with Gasteiger partial charge in [0.15, 0.2) is 0 Å². The predicted octanol–water partition coefficient (Wildman–Crippen LogP) is 1.11. The molecule has 0 atom stereocenters. The average Bonchev–Trinajstić information content (AvgIpc) is 2.92. The van der Waals surface area contributed by atoms with Crippen molar-refractivity contribution in [2.45, 2.75) is 6.54 Å². The van der Waals surface area contributed by atoms with Crippen molar-refractivity contribution in [1.82, 2.24) is 15.1 Å². The third-order valence-corrected chi connectivity index (χ3v) is 2.87. The molecule has 112 valence electrons. The third kappa shape index (κ3) is 5.37. The second-order valence-corrected chi connectivity index (χ2v) is 4.63. The first-order valence-electron chi connectivity index (χ1n) is 6.84. The van der Waals surface area contributed by atoms with Crippen LogP contribution >= 0.6 is 0 Å². The molecule has 2 rings (SSSR count). The number of ether oxygens (including phenoxy) is 1. The van der Waals surface area contributed by atoms with Gasteiger partial charge >= 0.3 is 0 Å². The van der Waals surface area contributed by atoms with Gasteiger partial charge in [-0.3, -0.25) is 9.48 Å². The normalized spacial score (nSPS) is 10.5. The van der Waals surface area contributed by atoms with Gasteiger partial charge in [-0.25, -0.2) is 0 Å². The number of rotatable bonds is 8. The summed E-state index contributed by atoms with van der Waals surface area (Å²) < 4.78 is 6.69. The van der Waals surface area contributed by atoms with Crippen molar-refractivity contribution in [3.63, 3.8) is 0 Å². The Balaban J connectivity index is 1.79. The largest absolute Gasteiger partial charge is 0.383 e. The lowest BCUT2D eigenvalue weighted by molar-refractivity contribution is -0.115. The third-order valence-electron chi connectivity index (χ3n) is 2.87. The summed E-state index contributed by atoms with van der Waals surface area (Å²) >= 11 is 0. The van der Waals surface area contributed by atoms with Crippen LogP contribution in [-0.2, 0) is 16.1 Å². The summed E-state index contributed by atoms with van der Waals surface area (Å²) in [6, 6.07) is 10.1. The summed E-state index contributed by atoms with van der Waals surface area (Å²) in [6.45, 7) is 2.18. The SMILES string of the molecule is COCCNCC(=O)Nc1cnn(Cc2ccccc2)c1. The first kappa shape index (κ1) is 15.2. The molecule has 1 amide bonds. The molecular formula is C15H20N4O2. The smallest absolute Gasteiger partial charge is 0.238 e. The molecule has 0 saturated carbocycles. The fourth-order valence-electron chi connectivity index (χ4n) is 1.87. The van der Waals surface area contributed by atoms with Gasteiger partial charge in [0.05, 0.1) is 31.6 Å². The van der Waals surface area contributed by atoms with Gasteiger partial charge in [0.25, 0.3) is 0 Å². The Kier molecular flexibility index (Phi) is 5.93. The van der Waals surface area contributed by atoms with Crippen molar-refractivity contribution >= 4 is 11.6 Å². The van der Waals surface area contributed by atoms with E-state index in [0.29, 0.717) is 25.4 Å². The van der Waals surface area contributed by atoms with E-state index in [4.69, 9.17) is 4.74 Å². The molecule has 0 saturated heterocycles. The number of anilines is 1. The van der Waals surface area contributed by atoms with Crippen LogP contribution in [0, 0.1) is 0 Å². The van der Waals surface area contributed by atoms with E-state index >= 15 is 0 Å². The highest BCUT2D eigenvalue weighted by atomic mass is 16.5. The number of nitrogens with one attached hydrogen (secondary N) is 2. The second-order valence-electron chi connectivity index (χ2n) is 4.63. The quantitative estimate of drug-likeness (QED) is 0.714. The zero-order valence-electron chi connectivity index (χ0n) is 12.1. The summed E-state index contributed by atoms with van der Waals surface area (Å²) in [5.41, 5.74) is 1.86. The molecule has 2 aromatic rings. The standard InChI is InChI=1S/C15H20N4O2/c1-21-8-7-16-10-15(20)18-14-9-17-19(12-14)11-13-5-3-2-4-6-13/h2-6,9,12,16H,7-8,10-11H2,1H3,(H,18,20). The highest BCUT2D eigenvalue weighted by molar-refractivity contribution is 5.91. The van der Waals surface area contributed by atoms with E-state index in [1.165, 1.54) is 5.56 Å². The van der Waals surface area contributed by atoms with Crippen molar-refractivity contribution in [2.24, 2.45) is 0 Å². The number of amides is 1. The van der Waals surface area contributed by atoms with E-state index in [1.54, 1.807) is 18.0 Å². The first-order chi connectivity index (χ1) is 10.3. The minimum atomic E-state index is -0.0923. The number of nitrogens with zero attached hydrogens (tertiary/aromatic N) is 2. The first-order valence-corrected chi connectivity index (χ1v) is 6.84. The van der Waals surface area contributed by atoms with Gasteiger partial charge in [-0.05, 0) is 5.56 Å². The fourth-order valence-corrected chi connectivity index (χ4v) is 1.87. The van der Waals surface area contributed by atoms with Crippen LogP contribution in [0.2, 0.25) is 0 Å². The highest BCUT2D eigenvalue weighted by Crippen LogP contribution is 2.07. The van der Waals surface area contributed by atoms with Crippen molar-refractivity contribution in [3.05, 3.63) is 48.3 Å². The number of carbonyl (C=O) groups excluding carboxylic acids is 1. The minimum Gasteiger partial charge on any atom is -0.383 e. The maximum atomic E-state index is 11.7. The van der Waals surface area contributed by atoms with Gasteiger partial charge in [0.2, 0.25) is 5.91 Å². The molecule has 2 N–H and O–H groups in total. The fraction of sp³-hybridized carbons (Fsp3) is 0.333. The Hall–Kier alpha value is -2.18. The van der Waals surface area contributed by atoms with Crippen LogP contribution in [0.1, 0.15) is 5.56 Å². The zero-order chi connectivity index (χ0) is 14.9. The van der Waals surface area contributed by atoms with Crippen LogP contribution in [0.4, 0.5) is 5.69 Å². The molecule has 6 nitrogen and oxygen atoms in total. The summed E-state index contributed by atoms with van der Waals surface area (Å²) in [4.78, 5) is 11.7. The molecule has 0 fully saturated rings. The Labute approximate surface area is 124 Å². The predicted molar refractivity (Wildman–Crippen MR) is 81.1 cm³/mol. The molecule has 0 unspecified atom stereocenters. The Bertz CT molecular complexity index is 554. The lowest BCUT2D eigenvalue weighted by Gasteiger charge is -2.04. The maximum absolute atomic E-state index is 11.7. The number of aromatic nitrogens is 2. The van der Waals surface area contributed by atoms with E-state index in [0.717, 1.165) is 0 Å². The van der Waals surface area contributed by atoms with Crippen molar-refractivity contribution in [2.75, 3.05) is 32.1 Å². The number of hydrogen-bond acceptors (Lipinski definition) is 4. The molecule has 21 heavy (non-hydrogen) atoms. The molecule has 0 bridgehead atoms. The Morgan fingerprint density at radius 2 is 2.14 bits per heavy atom. The van der Waals surface area contributed by atoms with Crippen molar-refractivity contribution in [1.29, 1.82) is 0 Å². The van der Waals surface area contributed by atoms with Gasteiger partial charge in [0, 0.05) is 19.9 Å². The number of methoxy groups -OCH3 is 1. The van der Waals surface area contributed by atoms with Gasteiger partial charge < -0.3 is 15.4 Å². The molecule has 0 radical (unpaired) electrons. The van der Waals surface area contributed by atoms with Gasteiger partial charge in [0.1, 0.15) is 0 Å². The minimum absolute atomic E-state index is 0.0923. The molecule has 1 aromatic carbocycles. The van der Waals surface area contributed by atoms with Crippen LogP contribution in [-0.4, -0.2) is 42.5 Å². The van der Waals surface area contributed by atoms with Crippen molar-refractivity contribution in [3.8, 4) is 0 Å². The molecule has 0 aliphatic heterocycles. The van der Waals surface area contributed by atoms with Crippen LogP contribution in [0.3, 0.4) is 0 Å².